The van der Waals surface area contributed by atoms with Crippen molar-refractivity contribution in [3.05, 3.63) is 30.1 Å². The van der Waals surface area contributed by atoms with Gasteiger partial charge in [-0.2, -0.15) is 0 Å². The molecular formula is C7H11IN2O. The average molecular weight is 266 g/mol. The molecule has 3 nitrogen and oxygen atoms in total. The van der Waals surface area contributed by atoms with Gasteiger partial charge in [0.25, 0.3) is 0 Å². The summed E-state index contributed by atoms with van der Waals surface area (Å²) < 4.78 is 4.87. The van der Waals surface area contributed by atoms with Crippen molar-refractivity contribution >= 4 is 23.0 Å². The van der Waals surface area contributed by atoms with Crippen molar-refractivity contribution < 1.29 is 3.07 Å². The molecule has 0 atom stereocenters. The van der Waals surface area contributed by atoms with Gasteiger partial charge in [-0.3, -0.25) is 4.98 Å². The Hall–Kier alpha value is -0.200. The van der Waals surface area contributed by atoms with Crippen molar-refractivity contribution in [3.8, 4) is 0 Å². The first-order chi connectivity index (χ1) is 5.43. The molecule has 1 heterocycles. The second-order valence-corrected chi connectivity index (χ2v) is 2.23. The molecule has 62 valence electrons. The molecule has 0 aliphatic rings. The van der Waals surface area contributed by atoms with E-state index in [0.29, 0.717) is 6.61 Å². The maximum atomic E-state index is 4.87. The van der Waals surface area contributed by atoms with Crippen LogP contribution in [0.15, 0.2) is 24.5 Å². The molecule has 0 spiro atoms. The quantitative estimate of drug-likeness (QED) is 0.826. The standard InChI is InChI=1S/C6H6INO.CH5N/c7-9-5-6-1-3-8-4-2-6;1-2/h1-4H,5H2;2H2,1H3. The van der Waals surface area contributed by atoms with Crippen LogP contribution in [0.1, 0.15) is 5.56 Å². The minimum atomic E-state index is 0.656. The molecule has 0 amide bonds. The molecular weight excluding hydrogens is 255 g/mol. The predicted molar refractivity (Wildman–Crippen MR) is 53.2 cm³/mol. The number of rotatable bonds is 2. The molecule has 2 N–H and O–H groups in total. The van der Waals surface area contributed by atoms with Crippen molar-refractivity contribution in [1.82, 2.24) is 4.98 Å². The summed E-state index contributed by atoms with van der Waals surface area (Å²) in [7, 11) is 1.50. The average Bonchev–Trinajstić information content (AvgIpc) is 2.11. The molecule has 0 aromatic carbocycles. The number of nitrogens with two attached hydrogens (primary N) is 1. The minimum Gasteiger partial charge on any atom is -0.333 e. The van der Waals surface area contributed by atoms with E-state index in [1.165, 1.54) is 7.05 Å². The largest absolute Gasteiger partial charge is 0.333 e. The van der Waals surface area contributed by atoms with Crippen LogP contribution in [0.4, 0.5) is 0 Å². The fourth-order valence-electron chi connectivity index (χ4n) is 0.542. The van der Waals surface area contributed by atoms with Crippen molar-refractivity contribution in [2.24, 2.45) is 5.73 Å². The van der Waals surface area contributed by atoms with E-state index >= 15 is 0 Å². The van der Waals surface area contributed by atoms with Crippen LogP contribution in [0.2, 0.25) is 0 Å². The lowest BCUT2D eigenvalue weighted by atomic mass is 10.3. The van der Waals surface area contributed by atoms with Gasteiger partial charge >= 0.3 is 0 Å². The Labute approximate surface area is 80.7 Å². The van der Waals surface area contributed by atoms with E-state index in [1.54, 1.807) is 12.4 Å². The summed E-state index contributed by atoms with van der Waals surface area (Å²) in [5.41, 5.74) is 5.65. The number of halogens is 1. The molecule has 0 fully saturated rings. The van der Waals surface area contributed by atoms with Crippen LogP contribution in [0.3, 0.4) is 0 Å². The molecule has 0 aliphatic heterocycles. The van der Waals surface area contributed by atoms with Crippen LogP contribution in [0, 0.1) is 0 Å². The maximum absolute atomic E-state index is 4.87. The van der Waals surface area contributed by atoms with Gasteiger partial charge in [-0.15, -0.1) is 0 Å². The van der Waals surface area contributed by atoms with Crippen LogP contribution in [0.5, 0.6) is 0 Å². The monoisotopic (exact) mass is 266 g/mol. The summed E-state index contributed by atoms with van der Waals surface area (Å²) in [5, 5.41) is 0. The Morgan fingerprint density at radius 3 is 2.45 bits per heavy atom. The van der Waals surface area contributed by atoms with E-state index < -0.39 is 0 Å². The Morgan fingerprint density at radius 1 is 1.45 bits per heavy atom. The van der Waals surface area contributed by atoms with Gasteiger partial charge in [-0.05, 0) is 24.7 Å². The molecule has 0 bridgehead atoms. The highest BCUT2D eigenvalue weighted by molar-refractivity contribution is 14.1. The number of hydrogen-bond acceptors (Lipinski definition) is 3. The summed E-state index contributed by atoms with van der Waals surface area (Å²) in [6.07, 6.45) is 3.51. The third kappa shape index (κ3) is 5.11. The van der Waals surface area contributed by atoms with Crippen LogP contribution in [-0.2, 0) is 9.67 Å². The molecule has 0 radical (unpaired) electrons. The topological polar surface area (TPSA) is 48.1 Å². The fraction of sp³-hybridized carbons (Fsp3) is 0.286. The van der Waals surface area contributed by atoms with Gasteiger partial charge < -0.3 is 8.80 Å². The van der Waals surface area contributed by atoms with E-state index in [-0.39, 0.29) is 0 Å². The fourth-order valence-corrected chi connectivity index (χ4v) is 0.902. The van der Waals surface area contributed by atoms with Gasteiger partial charge in [-0.25, -0.2) is 0 Å². The zero-order valence-corrected chi connectivity index (χ0v) is 8.48. The first-order valence-corrected chi connectivity index (χ1v) is 4.02. The van der Waals surface area contributed by atoms with Crippen molar-refractivity contribution in [2.45, 2.75) is 6.61 Å². The molecule has 4 heteroatoms. The highest BCUT2D eigenvalue weighted by Gasteiger charge is 1.86. The third-order valence-corrected chi connectivity index (χ3v) is 1.28. The molecule has 1 aromatic rings. The molecule has 1 aromatic heterocycles. The van der Waals surface area contributed by atoms with E-state index in [4.69, 9.17) is 3.07 Å². The predicted octanol–water partition coefficient (Wildman–Crippen LogP) is 1.52. The first-order valence-electron chi connectivity index (χ1n) is 3.13. The summed E-state index contributed by atoms with van der Waals surface area (Å²) in [6.45, 7) is 0.656. The van der Waals surface area contributed by atoms with E-state index in [1.807, 2.05) is 35.1 Å². The Balaban J connectivity index is 0.000000461. The van der Waals surface area contributed by atoms with Crippen LogP contribution >= 0.6 is 23.0 Å². The number of pyridine rings is 1. The zero-order valence-electron chi connectivity index (χ0n) is 6.33. The lowest BCUT2D eigenvalue weighted by Gasteiger charge is -1.93. The second kappa shape index (κ2) is 7.90. The summed E-state index contributed by atoms with van der Waals surface area (Å²) in [6, 6.07) is 3.86. The smallest absolute Gasteiger partial charge is 0.110 e. The highest BCUT2D eigenvalue weighted by atomic mass is 127. The molecule has 0 unspecified atom stereocenters. The van der Waals surface area contributed by atoms with Gasteiger partial charge in [0.2, 0.25) is 0 Å². The van der Waals surface area contributed by atoms with Gasteiger partial charge in [0.1, 0.15) is 23.0 Å². The minimum absolute atomic E-state index is 0.656. The molecule has 0 aliphatic carbocycles. The first kappa shape index (κ1) is 10.8. The van der Waals surface area contributed by atoms with Crippen LogP contribution < -0.4 is 5.73 Å². The van der Waals surface area contributed by atoms with Gasteiger partial charge in [-0.1, -0.05) is 0 Å². The molecule has 11 heavy (non-hydrogen) atoms. The van der Waals surface area contributed by atoms with Crippen molar-refractivity contribution in [2.75, 3.05) is 7.05 Å². The Kier molecular flexibility index (Phi) is 7.76. The zero-order chi connectivity index (χ0) is 8.53. The van der Waals surface area contributed by atoms with Gasteiger partial charge in [0.15, 0.2) is 0 Å². The summed E-state index contributed by atoms with van der Waals surface area (Å²) in [5.74, 6) is 0. The van der Waals surface area contributed by atoms with Gasteiger partial charge in [0, 0.05) is 12.4 Å². The Morgan fingerprint density at radius 2 is 2.00 bits per heavy atom. The number of hydrogen-bond donors (Lipinski definition) is 1. The van der Waals surface area contributed by atoms with Crippen LogP contribution in [-0.4, -0.2) is 12.0 Å². The molecule has 0 saturated carbocycles. The number of aromatic nitrogens is 1. The van der Waals surface area contributed by atoms with Crippen molar-refractivity contribution in [3.63, 3.8) is 0 Å². The van der Waals surface area contributed by atoms with Crippen molar-refractivity contribution in [1.29, 1.82) is 0 Å². The lowest BCUT2D eigenvalue weighted by Crippen LogP contribution is -1.81. The molecule has 1 rings (SSSR count). The van der Waals surface area contributed by atoms with E-state index in [2.05, 4.69) is 10.7 Å². The van der Waals surface area contributed by atoms with Crippen LogP contribution in [0.25, 0.3) is 0 Å². The lowest BCUT2D eigenvalue weighted by molar-refractivity contribution is 0.418. The highest BCUT2D eigenvalue weighted by Crippen LogP contribution is 2.00. The molecule has 0 saturated heterocycles. The summed E-state index contributed by atoms with van der Waals surface area (Å²) in [4.78, 5) is 3.87. The third-order valence-electron chi connectivity index (χ3n) is 0.971. The van der Waals surface area contributed by atoms with Gasteiger partial charge in [0.05, 0.1) is 6.61 Å². The second-order valence-electron chi connectivity index (χ2n) is 1.61. The maximum Gasteiger partial charge on any atom is 0.110 e. The normalized spacial score (nSPS) is 8.27. The number of nitrogens with zero attached hydrogens (tertiary/aromatic N) is 1. The SMILES string of the molecule is CN.IOCc1ccncc1. The summed E-state index contributed by atoms with van der Waals surface area (Å²) >= 11 is 1.87. The van der Waals surface area contributed by atoms with E-state index in [0.717, 1.165) is 5.56 Å². The Bertz CT molecular complexity index is 169. The van der Waals surface area contributed by atoms with E-state index in [9.17, 15) is 0 Å².